The third kappa shape index (κ3) is 3.18. The molecule has 0 saturated heterocycles. The summed E-state index contributed by atoms with van der Waals surface area (Å²) in [4.78, 5) is 0.221. The Bertz CT molecular complexity index is 854. The molecular formula is C17H19NO5S. The Labute approximate surface area is 141 Å². The number of rotatable bonds is 5. The van der Waals surface area contributed by atoms with Gasteiger partial charge in [-0.2, -0.15) is 0 Å². The van der Waals surface area contributed by atoms with Gasteiger partial charge in [0.2, 0.25) is 16.8 Å². The molecule has 128 valence electrons. The van der Waals surface area contributed by atoms with Gasteiger partial charge < -0.3 is 14.2 Å². The average Bonchev–Trinajstić information content (AvgIpc) is 3.00. The Kier molecular flexibility index (Phi) is 4.38. The van der Waals surface area contributed by atoms with Crippen LogP contribution in [0.3, 0.4) is 0 Å². The molecule has 1 aliphatic rings. The number of nitrogens with one attached hydrogen (secondary N) is 1. The standard InChI is InChI=1S/C17H19NO5S/c1-11-6-14(7-12(2)17(11)21-3)24(19,20)18-9-13-4-5-15-16(8-13)23-10-22-15/h4-8,18H,9-10H2,1-3H3. The molecule has 1 N–H and O–H groups in total. The maximum atomic E-state index is 12.5. The molecule has 2 aromatic rings. The molecule has 0 bridgehead atoms. The van der Waals surface area contributed by atoms with Gasteiger partial charge in [-0.05, 0) is 54.8 Å². The number of aryl methyl sites for hydroxylation is 2. The smallest absolute Gasteiger partial charge is 0.240 e. The van der Waals surface area contributed by atoms with Gasteiger partial charge in [-0.25, -0.2) is 13.1 Å². The molecule has 1 aliphatic heterocycles. The van der Waals surface area contributed by atoms with Crippen LogP contribution in [-0.2, 0) is 16.6 Å². The second-order valence-electron chi connectivity index (χ2n) is 5.60. The highest BCUT2D eigenvalue weighted by Gasteiger charge is 2.18. The Hall–Kier alpha value is -2.25. The minimum Gasteiger partial charge on any atom is -0.496 e. The van der Waals surface area contributed by atoms with Gasteiger partial charge in [0.1, 0.15) is 5.75 Å². The van der Waals surface area contributed by atoms with Crippen molar-refractivity contribution in [2.45, 2.75) is 25.3 Å². The van der Waals surface area contributed by atoms with Gasteiger partial charge in [-0.1, -0.05) is 6.07 Å². The summed E-state index contributed by atoms with van der Waals surface area (Å²) in [5.74, 6) is 2.00. The molecule has 0 saturated carbocycles. The Morgan fingerprint density at radius 2 is 1.75 bits per heavy atom. The van der Waals surface area contributed by atoms with Crippen molar-refractivity contribution >= 4 is 10.0 Å². The van der Waals surface area contributed by atoms with Gasteiger partial charge in [-0.15, -0.1) is 0 Å². The molecular weight excluding hydrogens is 330 g/mol. The van der Waals surface area contributed by atoms with Crippen molar-refractivity contribution in [2.24, 2.45) is 0 Å². The largest absolute Gasteiger partial charge is 0.496 e. The van der Waals surface area contributed by atoms with Crippen LogP contribution < -0.4 is 18.9 Å². The Balaban J connectivity index is 1.79. The van der Waals surface area contributed by atoms with Crippen LogP contribution in [-0.4, -0.2) is 22.3 Å². The molecule has 0 spiro atoms. The van der Waals surface area contributed by atoms with Crippen LogP contribution in [0.15, 0.2) is 35.2 Å². The van der Waals surface area contributed by atoms with E-state index in [1.807, 2.05) is 13.8 Å². The normalized spacial score (nSPS) is 13.1. The Morgan fingerprint density at radius 1 is 1.08 bits per heavy atom. The maximum Gasteiger partial charge on any atom is 0.240 e. The van der Waals surface area contributed by atoms with Crippen LogP contribution in [0.4, 0.5) is 0 Å². The third-order valence-corrected chi connectivity index (χ3v) is 5.23. The lowest BCUT2D eigenvalue weighted by atomic mass is 10.1. The second kappa shape index (κ2) is 6.33. The van der Waals surface area contributed by atoms with E-state index < -0.39 is 10.0 Å². The number of methoxy groups -OCH3 is 1. The summed E-state index contributed by atoms with van der Waals surface area (Å²) in [5, 5.41) is 0. The maximum absolute atomic E-state index is 12.5. The molecule has 0 fully saturated rings. The van der Waals surface area contributed by atoms with Gasteiger partial charge in [0, 0.05) is 6.54 Å². The molecule has 7 heteroatoms. The lowest BCUT2D eigenvalue weighted by Crippen LogP contribution is -2.23. The highest BCUT2D eigenvalue weighted by molar-refractivity contribution is 7.89. The molecule has 2 aromatic carbocycles. The minimum atomic E-state index is -3.62. The van der Waals surface area contributed by atoms with E-state index in [-0.39, 0.29) is 18.2 Å². The highest BCUT2D eigenvalue weighted by Crippen LogP contribution is 2.32. The van der Waals surface area contributed by atoms with Gasteiger partial charge in [0.05, 0.1) is 12.0 Å². The summed E-state index contributed by atoms with van der Waals surface area (Å²) in [6.45, 7) is 4.00. The first-order chi connectivity index (χ1) is 11.4. The number of sulfonamides is 1. The minimum absolute atomic E-state index is 0.170. The topological polar surface area (TPSA) is 73.9 Å². The lowest BCUT2D eigenvalue weighted by Gasteiger charge is -2.12. The fourth-order valence-electron chi connectivity index (χ4n) is 2.70. The SMILES string of the molecule is COc1c(C)cc(S(=O)(=O)NCc2ccc3c(c2)OCO3)cc1C. The van der Waals surface area contributed by atoms with Crippen molar-refractivity contribution in [3.63, 3.8) is 0 Å². The lowest BCUT2D eigenvalue weighted by molar-refractivity contribution is 0.174. The van der Waals surface area contributed by atoms with E-state index in [0.29, 0.717) is 17.2 Å². The zero-order valence-electron chi connectivity index (χ0n) is 13.8. The third-order valence-electron chi connectivity index (χ3n) is 3.85. The van der Waals surface area contributed by atoms with Crippen molar-refractivity contribution in [2.75, 3.05) is 13.9 Å². The molecule has 1 heterocycles. The van der Waals surface area contributed by atoms with E-state index >= 15 is 0 Å². The summed E-state index contributed by atoms with van der Waals surface area (Å²) in [6.07, 6.45) is 0. The first kappa shape index (κ1) is 16.6. The molecule has 0 radical (unpaired) electrons. The van der Waals surface area contributed by atoms with Crippen LogP contribution in [0.25, 0.3) is 0 Å². The second-order valence-corrected chi connectivity index (χ2v) is 7.37. The van der Waals surface area contributed by atoms with Gasteiger partial charge in [-0.3, -0.25) is 0 Å². The summed E-state index contributed by atoms with van der Waals surface area (Å²) in [6, 6.07) is 8.56. The van der Waals surface area contributed by atoms with Crippen LogP contribution in [0.2, 0.25) is 0 Å². The molecule has 3 rings (SSSR count). The molecule has 0 aromatic heterocycles. The van der Waals surface area contributed by atoms with Gasteiger partial charge in [0.15, 0.2) is 11.5 Å². The predicted molar refractivity (Wildman–Crippen MR) is 89.1 cm³/mol. The quantitative estimate of drug-likeness (QED) is 0.898. The van der Waals surface area contributed by atoms with Crippen LogP contribution in [0.5, 0.6) is 17.2 Å². The molecule has 0 atom stereocenters. The number of ether oxygens (including phenoxy) is 3. The number of fused-ring (bicyclic) bond motifs is 1. The first-order valence-corrected chi connectivity index (χ1v) is 8.92. The zero-order chi connectivity index (χ0) is 17.3. The van der Waals surface area contributed by atoms with E-state index in [4.69, 9.17) is 14.2 Å². The molecule has 0 amide bonds. The van der Waals surface area contributed by atoms with Crippen molar-refractivity contribution in [1.29, 1.82) is 0 Å². The predicted octanol–water partition coefficient (Wildman–Crippen LogP) is 2.52. The molecule has 6 nitrogen and oxygen atoms in total. The number of hydrogen-bond donors (Lipinski definition) is 1. The van der Waals surface area contributed by atoms with Crippen LogP contribution in [0, 0.1) is 13.8 Å². The van der Waals surface area contributed by atoms with Gasteiger partial charge >= 0.3 is 0 Å². The average molecular weight is 349 g/mol. The van der Waals surface area contributed by atoms with Crippen molar-refractivity contribution in [1.82, 2.24) is 4.72 Å². The molecule has 0 unspecified atom stereocenters. The van der Waals surface area contributed by atoms with Crippen molar-refractivity contribution < 1.29 is 22.6 Å². The zero-order valence-corrected chi connectivity index (χ0v) is 14.6. The molecule has 0 aliphatic carbocycles. The summed E-state index contributed by atoms with van der Waals surface area (Å²) in [5.41, 5.74) is 2.35. The van der Waals surface area contributed by atoms with E-state index in [1.165, 1.54) is 0 Å². The fraction of sp³-hybridized carbons (Fsp3) is 0.294. The monoisotopic (exact) mass is 349 g/mol. The Morgan fingerprint density at radius 3 is 2.42 bits per heavy atom. The van der Waals surface area contributed by atoms with E-state index in [1.54, 1.807) is 37.4 Å². The summed E-state index contributed by atoms with van der Waals surface area (Å²) >= 11 is 0. The highest BCUT2D eigenvalue weighted by atomic mass is 32.2. The number of hydrogen-bond acceptors (Lipinski definition) is 5. The van der Waals surface area contributed by atoms with Crippen molar-refractivity contribution in [3.8, 4) is 17.2 Å². The van der Waals surface area contributed by atoms with Crippen molar-refractivity contribution in [3.05, 3.63) is 47.0 Å². The fourth-order valence-corrected chi connectivity index (χ4v) is 3.89. The van der Waals surface area contributed by atoms with Crippen LogP contribution in [0.1, 0.15) is 16.7 Å². The first-order valence-electron chi connectivity index (χ1n) is 7.44. The summed E-state index contributed by atoms with van der Waals surface area (Å²) in [7, 11) is -2.05. The van der Waals surface area contributed by atoms with E-state index in [2.05, 4.69) is 4.72 Å². The van der Waals surface area contributed by atoms with E-state index in [9.17, 15) is 8.42 Å². The number of benzene rings is 2. The summed E-state index contributed by atoms with van der Waals surface area (Å²) < 4.78 is 43.5. The van der Waals surface area contributed by atoms with Gasteiger partial charge in [0.25, 0.3) is 0 Å². The van der Waals surface area contributed by atoms with Crippen LogP contribution >= 0.6 is 0 Å². The van der Waals surface area contributed by atoms with E-state index in [0.717, 1.165) is 16.7 Å². The molecule has 24 heavy (non-hydrogen) atoms.